The minimum absolute atomic E-state index is 0.585. The van der Waals surface area contributed by atoms with Crippen LogP contribution in [-0.4, -0.2) is 24.7 Å². The number of aromatic nitrogens is 5. The van der Waals surface area contributed by atoms with Gasteiger partial charge in [0.25, 0.3) is 0 Å². The molecule has 0 aromatic carbocycles. The molecule has 0 atom stereocenters. The Labute approximate surface area is 112 Å². The smallest absolute Gasteiger partial charge is 0.195 e. The lowest BCUT2D eigenvalue weighted by atomic mass is 10.2. The Morgan fingerprint density at radius 1 is 1.44 bits per heavy atom. The molecule has 0 aliphatic carbocycles. The molecule has 3 heterocycles. The largest absolute Gasteiger partial charge is 0.294 e. The van der Waals surface area contributed by atoms with Crippen molar-refractivity contribution in [2.24, 2.45) is 0 Å². The van der Waals surface area contributed by atoms with E-state index < -0.39 is 0 Å². The summed E-state index contributed by atoms with van der Waals surface area (Å²) < 4.78 is 2.50. The van der Waals surface area contributed by atoms with Gasteiger partial charge in [0.2, 0.25) is 0 Å². The second-order valence-electron chi connectivity index (χ2n) is 3.66. The number of H-pyrrole nitrogens is 1. The third kappa shape index (κ3) is 2.09. The van der Waals surface area contributed by atoms with Crippen LogP contribution < -0.4 is 0 Å². The quantitative estimate of drug-likeness (QED) is 0.746. The van der Waals surface area contributed by atoms with E-state index in [0.717, 1.165) is 17.1 Å². The van der Waals surface area contributed by atoms with Gasteiger partial charge in [0.1, 0.15) is 0 Å². The Morgan fingerprint density at radius 3 is 3.11 bits per heavy atom. The van der Waals surface area contributed by atoms with Gasteiger partial charge in [-0.3, -0.25) is 14.6 Å². The summed E-state index contributed by atoms with van der Waals surface area (Å²) in [6.07, 6.45) is 3.50. The molecule has 0 amide bonds. The van der Waals surface area contributed by atoms with Crippen LogP contribution in [0.3, 0.4) is 0 Å². The molecule has 0 aliphatic rings. The number of nitrogens with zero attached hydrogens (tertiary/aromatic N) is 4. The number of nitrogens with one attached hydrogen (secondary N) is 1. The SMILES string of the molecule is S=c1[nH]nc(-c2cccnc2)n1Cc1cscn1. The zero-order chi connectivity index (χ0) is 12.4. The Morgan fingerprint density at radius 2 is 2.39 bits per heavy atom. The van der Waals surface area contributed by atoms with Crippen molar-refractivity contribution in [3.05, 3.63) is 45.9 Å². The first-order valence-corrected chi connectivity index (χ1v) is 6.62. The van der Waals surface area contributed by atoms with Crippen molar-refractivity contribution in [1.82, 2.24) is 24.7 Å². The zero-order valence-electron chi connectivity index (χ0n) is 9.28. The van der Waals surface area contributed by atoms with Crippen LogP contribution in [0, 0.1) is 4.77 Å². The summed E-state index contributed by atoms with van der Waals surface area (Å²) in [5, 5.41) is 9.06. The molecular weight excluding hydrogens is 266 g/mol. The molecule has 3 rings (SSSR count). The molecule has 0 aliphatic heterocycles. The van der Waals surface area contributed by atoms with Crippen molar-refractivity contribution >= 4 is 23.6 Å². The Balaban J connectivity index is 2.04. The van der Waals surface area contributed by atoms with Gasteiger partial charge in [-0.25, -0.2) is 4.98 Å². The van der Waals surface area contributed by atoms with Gasteiger partial charge in [0.15, 0.2) is 10.6 Å². The van der Waals surface area contributed by atoms with E-state index in [4.69, 9.17) is 12.2 Å². The fraction of sp³-hybridized carbons (Fsp3) is 0.0909. The molecule has 7 heteroatoms. The fourth-order valence-electron chi connectivity index (χ4n) is 1.66. The standard InChI is InChI=1S/C11H9N5S2/c17-11-15-14-10(8-2-1-3-12-4-8)16(11)5-9-6-18-7-13-9/h1-4,6-7H,5H2,(H,15,17). The molecule has 1 N–H and O–H groups in total. The molecule has 0 bridgehead atoms. The van der Waals surface area contributed by atoms with E-state index in [-0.39, 0.29) is 0 Å². The number of hydrogen-bond acceptors (Lipinski definition) is 5. The topological polar surface area (TPSA) is 59.4 Å². The number of aromatic amines is 1. The van der Waals surface area contributed by atoms with Crippen molar-refractivity contribution in [2.45, 2.75) is 6.54 Å². The van der Waals surface area contributed by atoms with E-state index in [1.165, 1.54) is 0 Å². The van der Waals surface area contributed by atoms with Crippen LogP contribution in [0.25, 0.3) is 11.4 Å². The lowest BCUT2D eigenvalue weighted by Gasteiger charge is -2.04. The summed E-state index contributed by atoms with van der Waals surface area (Å²) in [5.41, 5.74) is 3.71. The number of hydrogen-bond donors (Lipinski definition) is 1. The second-order valence-corrected chi connectivity index (χ2v) is 4.77. The summed E-state index contributed by atoms with van der Waals surface area (Å²) in [6, 6.07) is 3.83. The molecular formula is C11H9N5S2. The predicted molar refractivity (Wildman–Crippen MR) is 71.9 cm³/mol. The summed E-state index contributed by atoms with van der Waals surface area (Å²) in [4.78, 5) is 8.35. The highest BCUT2D eigenvalue weighted by molar-refractivity contribution is 7.71. The maximum absolute atomic E-state index is 5.25. The predicted octanol–water partition coefficient (Wildman–Crippen LogP) is 2.51. The normalized spacial score (nSPS) is 10.7. The van der Waals surface area contributed by atoms with Crippen LogP contribution in [0.2, 0.25) is 0 Å². The van der Waals surface area contributed by atoms with Gasteiger partial charge in [0.05, 0.1) is 17.7 Å². The van der Waals surface area contributed by atoms with E-state index >= 15 is 0 Å². The molecule has 3 aromatic heterocycles. The molecule has 5 nitrogen and oxygen atoms in total. The summed E-state index contributed by atoms with van der Waals surface area (Å²) in [6.45, 7) is 0.614. The second kappa shape index (κ2) is 4.79. The molecule has 0 saturated carbocycles. The fourth-order valence-corrected chi connectivity index (χ4v) is 2.40. The molecule has 0 saturated heterocycles. The van der Waals surface area contributed by atoms with Gasteiger partial charge in [-0.1, -0.05) is 0 Å². The first-order valence-electron chi connectivity index (χ1n) is 5.27. The Kier molecular flexibility index (Phi) is 2.99. The van der Waals surface area contributed by atoms with Crippen LogP contribution in [-0.2, 0) is 6.54 Å². The summed E-state index contributed by atoms with van der Waals surface area (Å²) in [7, 11) is 0. The van der Waals surface area contributed by atoms with Crippen LogP contribution in [0.15, 0.2) is 35.4 Å². The minimum atomic E-state index is 0.585. The maximum atomic E-state index is 5.25. The van der Waals surface area contributed by atoms with Gasteiger partial charge in [-0.15, -0.1) is 11.3 Å². The van der Waals surface area contributed by atoms with Gasteiger partial charge >= 0.3 is 0 Å². The number of thiazole rings is 1. The zero-order valence-corrected chi connectivity index (χ0v) is 10.9. The minimum Gasteiger partial charge on any atom is -0.294 e. The van der Waals surface area contributed by atoms with Crippen LogP contribution in [0.5, 0.6) is 0 Å². The summed E-state index contributed by atoms with van der Waals surface area (Å²) in [5.74, 6) is 0.779. The highest BCUT2D eigenvalue weighted by Gasteiger charge is 2.09. The van der Waals surface area contributed by atoms with Crippen molar-refractivity contribution in [2.75, 3.05) is 0 Å². The number of rotatable bonds is 3. The van der Waals surface area contributed by atoms with E-state index in [0.29, 0.717) is 11.3 Å². The molecule has 3 aromatic rings. The summed E-state index contributed by atoms with van der Waals surface area (Å²) >= 11 is 6.81. The van der Waals surface area contributed by atoms with Gasteiger partial charge < -0.3 is 0 Å². The van der Waals surface area contributed by atoms with E-state index in [1.54, 1.807) is 23.7 Å². The first-order chi connectivity index (χ1) is 8.84. The third-order valence-electron chi connectivity index (χ3n) is 2.48. The van der Waals surface area contributed by atoms with E-state index in [9.17, 15) is 0 Å². The molecule has 90 valence electrons. The molecule has 0 spiro atoms. The first kappa shape index (κ1) is 11.2. The van der Waals surface area contributed by atoms with Crippen molar-refractivity contribution in [3.8, 4) is 11.4 Å². The van der Waals surface area contributed by atoms with Crippen LogP contribution in [0.1, 0.15) is 5.69 Å². The van der Waals surface area contributed by atoms with Crippen molar-refractivity contribution < 1.29 is 0 Å². The van der Waals surface area contributed by atoms with E-state index in [1.807, 2.05) is 27.6 Å². The van der Waals surface area contributed by atoms with E-state index in [2.05, 4.69) is 20.2 Å². The highest BCUT2D eigenvalue weighted by Crippen LogP contribution is 2.17. The van der Waals surface area contributed by atoms with Crippen molar-refractivity contribution in [3.63, 3.8) is 0 Å². The molecule has 18 heavy (non-hydrogen) atoms. The van der Waals surface area contributed by atoms with Crippen molar-refractivity contribution in [1.29, 1.82) is 0 Å². The maximum Gasteiger partial charge on any atom is 0.195 e. The van der Waals surface area contributed by atoms with Gasteiger partial charge in [-0.2, -0.15) is 5.10 Å². The average molecular weight is 275 g/mol. The lowest BCUT2D eigenvalue weighted by molar-refractivity contribution is 0.772. The lowest BCUT2D eigenvalue weighted by Crippen LogP contribution is -2.02. The molecule has 0 unspecified atom stereocenters. The highest BCUT2D eigenvalue weighted by atomic mass is 32.1. The monoisotopic (exact) mass is 275 g/mol. The van der Waals surface area contributed by atoms with Gasteiger partial charge in [0, 0.05) is 23.3 Å². The molecule has 0 fully saturated rings. The van der Waals surface area contributed by atoms with Gasteiger partial charge in [-0.05, 0) is 24.4 Å². The third-order valence-corrected chi connectivity index (χ3v) is 3.43. The average Bonchev–Trinajstić information content (AvgIpc) is 3.03. The number of pyridine rings is 1. The Bertz CT molecular complexity index is 684. The van der Waals surface area contributed by atoms with Crippen LogP contribution in [0.4, 0.5) is 0 Å². The van der Waals surface area contributed by atoms with Crippen LogP contribution >= 0.6 is 23.6 Å². The Hall–Kier alpha value is -1.86. The molecule has 0 radical (unpaired) electrons.